The van der Waals surface area contributed by atoms with Crippen LogP contribution in [0.2, 0.25) is 0 Å². The molecule has 1 fully saturated rings. The van der Waals surface area contributed by atoms with Crippen LogP contribution in [0.5, 0.6) is 0 Å². The van der Waals surface area contributed by atoms with Crippen molar-refractivity contribution in [3.63, 3.8) is 0 Å². The quantitative estimate of drug-likeness (QED) is 0.724. The van der Waals surface area contributed by atoms with E-state index in [0.29, 0.717) is 6.04 Å². The van der Waals surface area contributed by atoms with Crippen molar-refractivity contribution in [3.8, 4) is 6.07 Å². The number of hydrogen-bond donors (Lipinski definition) is 2. The normalized spacial score (nSPS) is 19.3. The molecule has 0 unspecified atom stereocenters. The molecule has 2 heterocycles. The molecule has 1 saturated heterocycles. The number of anilines is 2. The fraction of sp³-hybridized carbons (Fsp3) is 0.417. The standard InChI is InChI=1S/C12H14N4/c13-6-9-1-2-12-11(5-9)15-3-4-16(12)10-7-14-8-10/h1-2,5,10,14-15H,3-4,7-8H2. The van der Waals surface area contributed by atoms with Crippen LogP contribution >= 0.6 is 0 Å². The molecular weight excluding hydrogens is 200 g/mol. The Hall–Kier alpha value is -1.73. The lowest BCUT2D eigenvalue weighted by molar-refractivity contribution is 0.414. The van der Waals surface area contributed by atoms with Gasteiger partial charge in [-0.05, 0) is 18.2 Å². The Bertz CT molecular complexity index is 445. The molecule has 0 aromatic heterocycles. The molecule has 4 heteroatoms. The van der Waals surface area contributed by atoms with Gasteiger partial charge in [-0.2, -0.15) is 5.26 Å². The van der Waals surface area contributed by atoms with Crippen molar-refractivity contribution in [3.05, 3.63) is 23.8 Å². The molecule has 3 rings (SSSR count). The van der Waals surface area contributed by atoms with Crippen molar-refractivity contribution in [2.24, 2.45) is 0 Å². The summed E-state index contributed by atoms with van der Waals surface area (Å²) in [7, 11) is 0. The average molecular weight is 214 g/mol. The van der Waals surface area contributed by atoms with Gasteiger partial charge in [-0.15, -0.1) is 0 Å². The predicted molar refractivity (Wildman–Crippen MR) is 63.7 cm³/mol. The predicted octanol–water partition coefficient (Wildman–Crippen LogP) is 0.762. The van der Waals surface area contributed by atoms with Gasteiger partial charge in [0.25, 0.3) is 0 Å². The van der Waals surface area contributed by atoms with Crippen LogP contribution < -0.4 is 15.5 Å². The Morgan fingerprint density at radius 3 is 2.94 bits per heavy atom. The van der Waals surface area contributed by atoms with Gasteiger partial charge in [0.1, 0.15) is 0 Å². The number of nitrogens with one attached hydrogen (secondary N) is 2. The average Bonchev–Trinajstić information content (AvgIpc) is 2.26. The molecule has 0 amide bonds. The smallest absolute Gasteiger partial charge is 0.0992 e. The zero-order valence-electron chi connectivity index (χ0n) is 9.03. The van der Waals surface area contributed by atoms with Gasteiger partial charge in [-0.25, -0.2) is 0 Å². The van der Waals surface area contributed by atoms with Gasteiger partial charge in [0.15, 0.2) is 0 Å². The number of nitriles is 1. The van der Waals surface area contributed by atoms with Crippen molar-refractivity contribution in [1.29, 1.82) is 5.26 Å². The van der Waals surface area contributed by atoms with Crippen LogP contribution in [0.4, 0.5) is 11.4 Å². The highest BCUT2D eigenvalue weighted by atomic mass is 15.3. The second-order valence-corrected chi connectivity index (χ2v) is 4.28. The monoisotopic (exact) mass is 214 g/mol. The summed E-state index contributed by atoms with van der Waals surface area (Å²) in [5.41, 5.74) is 3.05. The second kappa shape index (κ2) is 3.69. The van der Waals surface area contributed by atoms with Gasteiger partial charge in [-0.3, -0.25) is 0 Å². The third-order valence-corrected chi connectivity index (χ3v) is 3.30. The van der Waals surface area contributed by atoms with E-state index in [1.807, 2.05) is 12.1 Å². The van der Waals surface area contributed by atoms with E-state index in [1.165, 1.54) is 5.69 Å². The molecule has 0 atom stereocenters. The van der Waals surface area contributed by atoms with E-state index in [2.05, 4.69) is 27.7 Å². The van der Waals surface area contributed by atoms with Crippen molar-refractivity contribution in [2.75, 3.05) is 36.4 Å². The summed E-state index contributed by atoms with van der Waals surface area (Å²) in [4.78, 5) is 2.43. The Labute approximate surface area is 94.9 Å². The minimum Gasteiger partial charge on any atom is -0.382 e. The molecule has 0 radical (unpaired) electrons. The SMILES string of the molecule is N#Cc1ccc2c(c1)NCCN2C1CNC1. The van der Waals surface area contributed by atoms with Gasteiger partial charge in [-0.1, -0.05) is 0 Å². The van der Waals surface area contributed by atoms with E-state index in [4.69, 9.17) is 5.26 Å². The largest absolute Gasteiger partial charge is 0.382 e. The zero-order valence-corrected chi connectivity index (χ0v) is 9.03. The molecule has 2 aliphatic rings. The first-order valence-electron chi connectivity index (χ1n) is 5.64. The summed E-state index contributed by atoms with van der Waals surface area (Å²) in [6.07, 6.45) is 0. The first-order chi connectivity index (χ1) is 7.88. The fourth-order valence-electron chi connectivity index (χ4n) is 2.30. The lowest BCUT2D eigenvalue weighted by atomic mass is 10.1. The van der Waals surface area contributed by atoms with Gasteiger partial charge in [0.2, 0.25) is 0 Å². The molecule has 1 aromatic carbocycles. The molecular formula is C12H14N4. The van der Waals surface area contributed by atoms with Crippen molar-refractivity contribution < 1.29 is 0 Å². The Morgan fingerprint density at radius 1 is 1.38 bits per heavy atom. The maximum absolute atomic E-state index is 8.87. The summed E-state index contributed by atoms with van der Waals surface area (Å²) in [5, 5.41) is 15.5. The number of benzene rings is 1. The summed E-state index contributed by atoms with van der Waals surface area (Å²) in [5.74, 6) is 0. The highest BCUT2D eigenvalue weighted by Crippen LogP contribution is 2.31. The van der Waals surface area contributed by atoms with Crippen LogP contribution in [0.15, 0.2) is 18.2 Å². The molecule has 0 aliphatic carbocycles. The molecule has 0 saturated carbocycles. The maximum atomic E-state index is 8.87. The maximum Gasteiger partial charge on any atom is 0.0992 e. The summed E-state index contributed by atoms with van der Waals surface area (Å²) in [6.45, 7) is 4.14. The summed E-state index contributed by atoms with van der Waals surface area (Å²) < 4.78 is 0. The number of rotatable bonds is 1. The molecule has 16 heavy (non-hydrogen) atoms. The van der Waals surface area contributed by atoms with E-state index in [-0.39, 0.29) is 0 Å². The molecule has 1 aromatic rings. The van der Waals surface area contributed by atoms with Gasteiger partial charge < -0.3 is 15.5 Å². The van der Waals surface area contributed by atoms with Crippen molar-refractivity contribution in [2.45, 2.75) is 6.04 Å². The first-order valence-corrected chi connectivity index (χ1v) is 5.64. The minimum absolute atomic E-state index is 0.619. The third-order valence-electron chi connectivity index (χ3n) is 3.30. The molecule has 82 valence electrons. The lowest BCUT2D eigenvalue weighted by Gasteiger charge is -2.43. The highest BCUT2D eigenvalue weighted by molar-refractivity contribution is 5.74. The summed E-state index contributed by atoms with van der Waals surface area (Å²) >= 11 is 0. The van der Waals surface area contributed by atoms with Gasteiger partial charge >= 0.3 is 0 Å². The zero-order chi connectivity index (χ0) is 11.0. The molecule has 4 nitrogen and oxygen atoms in total. The lowest BCUT2D eigenvalue weighted by Crippen LogP contribution is -2.59. The number of fused-ring (bicyclic) bond motifs is 1. The van der Waals surface area contributed by atoms with E-state index in [1.54, 1.807) is 0 Å². The van der Waals surface area contributed by atoms with E-state index >= 15 is 0 Å². The number of hydrogen-bond acceptors (Lipinski definition) is 4. The summed E-state index contributed by atoms with van der Waals surface area (Å²) in [6, 6.07) is 8.68. The van der Waals surface area contributed by atoms with Gasteiger partial charge in [0.05, 0.1) is 29.0 Å². The van der Waals surface area contributed by atoms with Crippen LogP contribution in [0.3, 0.4) is 0 Å². The number of nitrogens with zero attached hydrogens (tertiary/aromatic N) is 2. The van der Waals surface area contributed by atoms with Crippen LogP contribution in [0, 0.1) is 11.3 Å². The van der Waals surface area contributed by atoms with Crippen LogP contribution in [-0.2, 0) is 0 Å². The van der Waals surface area contributed by atoms with E-state index < -0.39 is 0 Å². The van der Waals surface area contributed by atoms with Crippen molar-refractivity contribution in [1.82, 2.24) is 5.32 Å². The molecule has 2 aliphatic heterocycles. The van der Waals surface area contributed by atoms with E-state index in [0.717, 1.165) is 37.4 Å². The Morgan fingerprint density at radius 2 is 2.25 bits per heavy atom. The molecule has 2 N–H and O–H groups in total. The Kier molecular flexibility index (Phi) is 2.19. The first kappa shape index (κ1) is 9.49. The third kappa shape index (κ3) is 1.41. The van der Waals surface area contributed by atoms with Crippen LogP contribution in [0.1, 0.15) is 5.56 Å². The second-order valence-electron chi connectivity index (χ2n) is 4.28. The minimum atomic E-state index is 0.619. The highest BCUT2D eigenvalue weighted by Gasteiger charge is 2.28. The fourth-order valence-corrected chi connectivity index (χ4v) is 2.30. The topological polar surface area (TPSA) is 51.1 Å². The van der Waals surface area contributed by atoms with Gasteiger partial charge in [0, 0.05) is 26.2 Å². The van der Waals surface area contributed by atoms with Crippen LogP contribution in [-0.4, -0.2) is 32.2 Å². The van der Waals surface area contributed by atoms with E-state index in [9.17, 15) is 0 Å². The van der Waals surface area contributed by atoms with Crippen LogP contribution in [0.25, 0.3) is 0 Å². The molecule has 0 bridgehead atoms. The molecule has 0 spiro atoms. The Balaban J connectivity index is 1.96. The van der Waals surface area contributed by atoms with Crippen molar-refractivity contribution >= 4 is 11.4 Å².